The normalized spacial score (nSPS) is 17.3. The first-order chi connectivity index (χ1) is 12.5. The lowest BCUT2D eigenvalue weighted by atomic mass is 10.2. The average Bonchev–Trinajstić information content (AvgIpc) is 3.27. The molecule has 8 nitrogen and oxygen atoms in total. The summed E-state index contributed by atoms with van der Waals surface area (Å²) in [5.41, 5.74) is 3.28. The molecule has 1 aliphatic heterocycles. The molecule has 3 aromatic rings. The van der Waals surface area contributed by atoms with E-state index in [0.29, 0.717) is 18.7 Å². The highest BCUT2D eigenvalue weighted by atomic mass is 16.2. The zero-order chi connectivity index (χ0) is 18.4. The molecular formula is C18H22N6O2. The highest BCUT2D eigenvalue weighted by molar-refractivity contribution is 5.76. The van der Waals surface area contributed by atoms with Crippen LogP contribution in [0.1, 0.15) is 23.9 Å². The van der Waals surface area contributed by atoms with Gasteiger partial charge >= 0.3 is 5.69 Å². The van der Waals surface area contributed by atoms with Gasteiger partial charge in [-0.1, -0.05) is 0 Å². The lowest BCUT2D eigenvalue weighted by Crippen LogP contribution is -2.34. The second-order valence-corrected chi connectivity index (χ2v) is 6.92. The predicted octanol–water partition coefficient (Wildman–Crippen LogP) is 1.02. The van der Waals surface area contributed by atoms with Crippen LogP contribution in [0, 0.1) is 13.8 Å². The molecule has 0 bridgehead atoms. The van der Waals surface area contributed by atoms with Crippen molar-refractivity contribution in [1.82, 2.24) is 28.8 Å². The van der Waals surface area contributed by atoms with Gasteiger partial charge in [-0.3, -0.25) is 18.6 Å². The largest absolute Gasteiger partial charge is 0.339 e. The van der Waals surface area contributed by atoms with Crippen LogP contribution in [0.15, 0.2) is 29.2 Å². The first kappa shape index (κ1) is 16.6. The molecule has 3 aromatic heterocycles. The van der Waals surface area contributed by atoms with Gasteiger partial charge in [-0.25, -0.2) is 9.78 Å². The van der Waals surface area contributed by atoms with Crippen LogP contribution in [0.5, 0.6) is 0 Å². The van der Waals surface area contributed by atoms with Crippen LogP contribution in [-0.2, 0) is 18.4 Å². The molecule has 136 valence electrons. The van der Waals surface area contributed by atoms with Gasteiger partial charge in [0.2, 0.25) is 5.91 Å². The van der Waals surface area contributed by atoms with Gasteiger partial charge in [0, 0.05) is 32.0 Å². The van der Waals surface area contributed by atoms with Crippen molar-refractivity contribution in [2.75, 3.05) is 13.1 Å². The number of carbonyl (C=O) groups excluding carboxylic acids is 1. The first-order valence-electron chi connectivity index (χ1n) is 8.76. The Morgan fingerprint density at radius 2 is 2.15 bits per heavy atom. The van der Waals surface area contributed by atoms with Crippen molar-refractivity contribution < 1.29 is 4.79 Å². The van der Waals surface area contributed by atoms with Crippen molar-refractivity contribution in [2.24, 2.45) is 7.05 Å². The third kappa shape index (κ3) is 2.61. The van der Waals surface area contributed by atoms with Crippen molar-refractivity contribution in [3.8, 4) is 0 Å². The summed E-state index contributed by atoms with van der Waals surface area (Å²) >= 11 is 0. The maximum atomic E-state index is 12.7. The molecule has 0 aromatic carbocycles. The topological polar surface area (TPSA) is 78.0 Å². The molecule has 0 aliphatic carbocycles. The summed E-state index contributed by atoms with van der Waals surface area (Å²) in [6.07, 6.45) is 2.44. The number of rotatable bonds is 3. The minimum atomic E-state index is -0.0865. The Bertz CT molecular complexity index is 1040. The van der Waals surface area contributed by atoms with E-state index in [2.05, 4.69) is 10.1 Å². The number of aryl methyl sites for hydroxylation is 3. The van der Waals surface area contributed by atoms with E-state index in [1.807, 2.05) is 36.9 Å². The predicted molar refractivity (Wildman–Crippen MR) is 96.9 cm³/mol. The van der Waals surface area contributed by atoms with Crippen molar-refractivity contribution >= 4 is 17.1 Å². The molecule has 1 fully saturated rings. The van der Waals surface area contributed by atoms with Crippen LogP contribution in [0.25, 0.3) is 11.2 Å². The number of fused-ring (bicyclic) bond motifs is 1. The van der Waals surface area contributed by atoms with Crippen molar-refractivity contribution in [3.63, 3.8) is 0 Å². The zero-order valence-electron chi connectivity index (χ0n) is 15.2. The lowest BCUT2D eigenvalue weighted by molar-refractivity contribution is -0.131. The molecule has 0 spiro atoms. The van der Waals surface area contributed by atoms with Crippen molar-refractivity contribution in [1.29, 1.82) is 0 Å². The number of hydrogen-bond donors (Lipinski definition) is 0. The molecule has 26 heavy (non-hydrogen) atoms. The Hall–Kier alpha value is -2.90. The molecule has 4 heterocycles. The first-order valence-corrected chi connectivity index (χ1v) is 8.76. The van der Waals surface area contributed by atoms with Gasteiger partial charge in [-0.05, 0) is 38.5 Å². The molecular weight excluding hydrogens is 332 g/mol. The molecule has 0 saturated carbocycles. The van der Waals surface area contributed by atoms with E-state index < -0.39 is 0 Å². The van der Waals surface area contributed by atoms with Gasteiger partial charge in [0.25, 0.3) is 0 Å². The molecule has 0 unspecified atom stereocenters. The summed E-state index contributed by atoms with van der Waals surface area (Å²) < 4.78 is 5.07. The number of aromatic nitrogens is 5. The number of pyridine rings is 1. The SMILES string of the molecule is Cc1cc(C)n(CC(=O)N2CC[C@@H](n3c(=O)n(C)c4cccnc43)C2)n1. The smallest absolute Gasteiger partial charge is 0.330 e. The Balaban J connectivity index is 1.56. The Morgan fingerprint density at radius 3 is 2.88 bits per heavy atom. The number of likely N-dealkylation sites (tertiary alicyclic amines) is 1. The van der Waals surface area contributed by atoms with Crippen molar-refractivity contribution in [3.05, 3.63) is 46.3 Å². The van der Waals surface area contributed by atoms with Crippen LogP contribution < -0.4 is 5.69 Å². The van der Waals surface area contributed by atoms with Gasteiger partial charge < -0.3 is 4.90 Å². The zero-order valence-corrected chi connectivity index (χ0v) is 15.2. The van der Waals surface area contributed by atoms with E-state index in [4.69, 9.17) is 0 Å². The van der Waals surface area contributed by atoms with Gasteiger partial charge in [0.1, 0.15) is 6.54 Å². The molecule has 1 amide bonds. The Labute approximate surface area is 150 Å². The van der Waals surface area contributed by atoms with Crippen molar-refractivity contribution in [2.45, 2.75) is 32.9 Å². The highest BCUT2D eigenvalue weighted by Crippen LogP contribution is 2.24. The Morgan fingerprint density at radius 1 is 1.35 bits per heavy atom. The number of nitrogens with zero attached hydrogens (tertiary/aromatic N) is 6. The summed E-state index contributed by atoms with van der Waals surface area (Å²) in [6.45, 7) is 5.25. The van der Waals surface area contributed by atoms with Crippen LogP contribution in [0.2, 0.25) is 0 Å². The van der Waals surface area contributed by atoms with E-state index in [1.54, 1.807) is 27.1 Å². The van der Waals surface area contributed by atoms with Crippen LogP contribution in [-0.4, -0.2) is 47.8 Å². The van der Waals surface area contributed by atoms with E-state index >= 15 is 0 Å². The molecule has 1 atom stereocenters. The van der Waals surface area contributed by atoms with Crippen LogP contribution in [0.3, 0.4) is 0 Å². The summed E-state index contributed by atoms with van der Waals surface area (Å²) in [6, 6.07) is 5.62. The summed E-state index contributed by atoms with van der Waals surface area (Å²) in [4.78, 5) is 31.5. The minimum Gasteiger partial charge on any atom is -0.339 e. The lowest BCUT2D eigenvalue weighted by Gasteiger charge is -2.17. The fourth-order valence-corrected chi connectivity index (χ4v) is 3.76. The minimum absolute atomic E-state index is 0.0277. The highest BCUT2D eigenvalue weighted by Gasteiger charge is 2.30. The molecule has 4 rings (SSSR count). The van der Waals surface area contributed by atoms with E-state index in [-0.39, 0.29) is 24.2 Å². The Kier molecular flexibility index (Phi) is 3.90. The van der Waals surface area contributed by atoms with Gasteiger partial charge in [0.15, 0.2) is 5.65 Å². The van der Waals surface area contributed by atoms with E-state index in [0.717, 1.165) is 23.3 Å². The molecule has 0 radical (unpaired) electrons. The number of hydrogen-bond acceptors (Lipinski definition) is 4. The van der Waals surface area contributed by atoms with Gasteiger partial charge in [0.05, 0.1) is 17.3 Å². The summed E-state index contributed by atoms with van der Waals surface area (Å²) in [5, 5.41) is 4.36. The van der Waals surface area contributed by atoms with E-state index in [1.165, 1.54) is 0 Å². The molecule has 1 aliphatic rings. The fourth-order valence-electron chi connectivity index (χ4n) is 3.76. The number of amides is 1. The van der Waals surface area contributed by atoms with Gasteiger partial charge in [-0.15, -0.1) is 0 Å². The quantitative estimate of drug-likeness (QED) is 0.704. The summed E-state index contributed by atoms with van der Waals surface area (Å²) in [5.74, 6) is 0.0277. The van der Waals surface area contributed by atoms with E-state index in [9.17, 15) is 9.59 Å². The molecule has 1 saturated heterocycles. The molecule has 8 heteroatoms. The maximum Gasteiger partial charge on any atom is 0.330 e. The second-order valence-electron chi connectivity index (χ2n) is 6.92. The second kappa shape index (κ2) is 6.12. The number of imidazole rings is 1. The average molecular weight is 354 g/mol. The summed E-state index contributed by atoms with van der Waals surface area (Å²) in [7, 11) is 1.75. The number of carbonyl (C=O) groups is 1. The van der Waals surface area contributed by atoms with Crippen LogP contribution >= 0.6 is 0 Å². The standard InChI is InChI=1S/C18H22N6O2/c1-12-9-13(2)23(20-12)11-16(25)22-8-6-14(10-22)24-17-15(5-4-7-19-17)21(3)18(24)26/h4-5,7,9,14H,6,8,10-11H2,1-3H3/t14-/m1/s1. The maximum absolute atomic E-state index is 12.7. The third-order valence-corrected chi connectivity index (χ3v) is 5.12. The van der Waals surface area contributed by atoms with Crippen LogP contribution in [0.4, 0.5) is 0 Å². The van der Waals surface area contributed by atoms with Gasteiger partial charge in [-0.2, -0.15) is 5.10 Å². The third-order valence-electron chi connectivity index (χ3n) is 5.12. The monoisotopic (exact) mass is 354 g/mol. The fraction of sp³-hybridized carbons (Fsp3) is 0.444. The molecule has 0 N–H and O–H groups in total.